The molecule has 0 radical (unpaired) electrons. The number of rotatable bonds is 7. The van der Waals surface area contributed by atoms with Gasteiger partial charge < -0.3 is 19.4 Å². The van der Waals surface area contributed by atoms with Crippen molar-refractivity contribution in [1.29, 1.82) is 0 Å². The van der Waals surface area contributed by atoms with Crippen LogP contribution < -0.4 is 5.32 Å². The van der Waals surface area contributed by atoms with E-state index in [0.29, 0.717) is 29.5 Å². The second kappa shape index (κ2) is 9.71. The fourth-order valence-corrected chi connectivity index (χ4v) is 4.49. The van der Waals surface area contributed by atoms with Gasteiger partial charge in [0, 0.05) is 29.7 Å². The van der Waals surface area contributed by atoms with E-state index in [2.05, 4.69) is 15.2 Å². The van der Waals surface area contributed by atoms with E-state index in [4.69, 9.17) is 33.0 Å². The first-order valence-corrected chi connectivity index (χ1v) is 11.2. The number of thiocarbonyl (C=S) groups is 1. The van der Waals surface area contributed by atoms with Crippen LogP contribution in [0.25, 0.3) is 11.3 Å². The van der Waals surface area contributed by atoms with Crippen LogP contribution in [0.15, 0.2) is 59.1 Å². The van der Waals surface area contributed by atoms with Crippen LogP contribution in [0.1, 0.15) is 41.9 Å². The van der Waals surface area contributed by atoms with Crippen LogP contribution in [0.5, 0.6) is 0 Å². The molecule has 0 amide bonds. The van der Waals surface area contributed by atoms with Gasteiger partial charge in [-0.05, 0) is 61.5 Å². The fraction of sp³-hybridized carbons (Fsp3) is 0.292. The number of hydrogen-bond donors (Lipinski definition) is 1. The molecule has 1 aliphatic heterocycles. The summed E-state index contributed by atoms with van der Waals surface area (Å²) >= 11 is 12.0. The van der Waals surface area contributed by atoms with Gasteiger partial charge in [-0.1, -0.05) is 29.8 Å². The molecule has 32 heavy (non-hydrogen) atoms. The Morgan fingerprint density at radius 3 is 2.84 bits per heavy atom. The minimum absolute atomic E-state index is 0.179. The maximum Gasteiger partial charge on any atom is 0.305 e. The van der Waals surface area contributed by atoms with Crippen molar-refractivity contribution in [2.75, 3.05) is 13.7 Å². The van der Waals surface area contributed by atoms with Crippen LogP contribution in [-0.2, 0) is 9.53 Å². The largest absolute Gasteiger partial charge is 0.469 e. The van der Waals surface area contributed by atoms with Crippen molar-refractivity contribution < 1.29 is 13.9 Å². The molecule has 1 fully saturated rings. The van der Waals surface area contributed by atoms with E-state index in [1.807, 2.05) is 55.5 Å². The van der Waals surface area contributed by atoms with Gasteiger partial charge in [0.05, 0.1) is 18.8 Å². The number of aromatic nitrogens is 1. The highest BCUT2D eigenvalue weighted by molar-refractivity contribution is 7.80. The molecule has 3 aromatic rings. The van der Waals surface area contributed by atoms with E-state index in [1.165, 1.54) is 7.11 Å². The van der Waals surface area contributed by atoms with E-state index in [-0.39, 0.29) is 18.1 Å². The topological polar surface area (TPSA) is 67.6 Å². The van der Waals surface area contributed by atoms with E-state index in [9.17, 15) is 4.79 Å². The van der Waals surface area contributed by atoms with E-state index in [0.717, 1.165) is 28.3 Å². The highest BCUT2D eigenvalue weighted by atomic mass is 35.5. The van der Waals surface area contributed by atoms with Crippen molar-refractivity contribution in [3.8, 4) is 11.3 Å². The number of benzene rings is 1. The first kappa shape index (κ1) is 22.3. The Kier molecular flexibility index (Phi) is 6.77. The molecule has 0 spiro atoms. The van der Waals surface area contributed by atoms with E-state index < -0.39 is 0 Å². The van der Waals surface area contributed by atoms with Crippen LogP contribution >= 0.6 is 23.8 Å². The molecule has 2 atom stereocenters. The molecule has 2 aromatic heterocycles. The summed E-state index contributed by atoms with van der Waals surface area (Å²) in [5.74, 6) is 1.27. The number of esters is 1. The van der Waals surface area contributed by atoms with Gasteiger partial charge in [-0.2, -0.15) is 0 Å². The van der Waals surface area contributed by atoms with Gasteiger partial charge in [0.2, 0.25) is 0 Å². The minimum Gasteiger partial charge on any atom is -0.469 e. The van der Waals surface area contributed by atoms with Gasteiger partial charge in [-0.25, -0.2) is 0 Å². The Balaban J connectivity index is 1.67. The highest BCUT2D eigenvalue weighted by Gasteiger charge is 2.41. The summed E-state index contributed by atoms with van der Waals surface area (Å²) in [6, 6.07) is 15.1. The van der Waals surface area contributed by atoms with E-state index >= 15 is 0 Å². The van der Waals surface area contributed by atoms with Crippen molar-refractivity contribution in [3.05, 3.63) is 76.8 Å². The molecule has 8 heteroatoms. The van der Waals surface area contributed by atoms with Gasteiger partial charge in [-0.15, -0.1) is 0 Å². The minimum atomic E-state index is -0.238. The first-order chi connectivity index (χ1) is 15.5. The van der Waals surface area contributed by atoms with Gasteiger partial charge in [0.1, 0.15) is 17.6 Å². The lowest BCUT2D eigenvalue weighted by atomic mass is 10.0. The van der Waals surface area contributed by atoms with E-state index in [1.54, 1.807) is 6.20 Å². The molecule has 3 heterocycles. The molecule has 0 saturated carbocycles. The highest BCUT2D eigenvalue weighted by Crippen LogP contribution is 2.41. The lowest BCUT2D eigenvalue weighted by Crippen LogP contribution is -2.30. The first-order valence-electron chi connectivity index (χ1n) is 10.4. The van der Waals surface area contributed by atoms with Gasteiger partial charge in [0.15, 0.2) is 5.11 Å². The number of ether oxygens (including phenoxy) is 1. The average molecular weight is 470 g/mol. The Labute approximate surface area is 197 Å². The molecule has 4 rings (SSSR count). The molecule has 0 aliphatic carbocycles. The molecule has 166 valence electrons. The van der Waals surface area contributed by atoms with Crippen molar-refractivity contribution in [1.82, 2.24) is 15.2 Å². The third kappa shape index (κ3) is 4.49. The fourth-order valence-electron chi connectivity index (χ4n) is 3.98. The van der Waals surface area contributed by atoms with Crippen molar-refractivity contribution in [3.63, 3.8) is 0 Å². The summed E-state index contributed by atoms with van der Waals surface area (Å²) < 4.78 is 11.1. The number of methoxy groups -OCH3 is 1. The standard InChI is InChI=1S/C24H24ClN3O3S/c1-15-16(7-5-8-17(15)25)19-11-12-20(31-19)23-22(18-9-3-4-13-26-18)27-24(32)28(23)14-6-10-21(29)30-2/h3-5,7-9,11-13,22-23H,6,10,14H2,1-2H3,(H,27,32)/t22-,23+/m0/s1. The smallest absolute Gasteiger partial charge is 0.305 e. The number of furan rings is 1. The summed E-state index contributed by atoms with van der Waals surface area (Å²) in [6.45, 7) is 2.56. The number of nitrogens with zero attached hydrogens (tertiary/aromatic N) is 2. The summed E-state index contributed by atoms with van der Waals surface area (Å²) in [7, 11) is 1.40. The number of hydrogen-bond acceptors (Lipinski definition) is 5. The number of pyridine rings is 1. The molecule has 6 nitrogen and oxygen atoms in total. The quantitative estimate of drug-likeness (QED) is 0.375. The predicted octanol–water partition coefficient (Wildman–Crippen LogP) is 5.23. The molecular weight excluding hydrogens is 446 g/mol. The maximum atomic E-state index is 11.6. The Bertz CT molecular complexity index is 1120. The zero-order valence-corrected chi connectivity index (χ0v) is 19.4. The molecule has 1 N–H and O–H groups in total. The normalized spacial score (nSPS) is 18.0. The lowest BCUT2D eigenvalue weighted by Gasteiger charge is -2.26. The molecule has 0 unspecified atom stereocenters. The maximum absolute atomic E-state index is 11.6. The van der Waals surface area contributed by atoms with Crippen LogP contribution in [0, 0.1) is 6.92 Å². The second-order valence-electron chi connectivity index (χ2n) is 7.61. The third-order valence-electron chi connectivity index (χ3n) is 5.66. The van der Waals surface area contributed by atoms with Crippen molar-refractivity contribution in [2.45, 2.75) is 31.8 Å². The SMILES string of the molecule is COC(=O)CCCN1C(=S)N[C@@H](c2ccccn2)[C@H]1c1ccc(-c2cccc(Cl)c2C)o1. The Morgan fingerprint density at radius 2 is 2.09 bits per heavy atom. The van der Waals surface area contributed by atoms with Gasteiger partial charge >= 0.3 is 5.97 Å². The number of carbonyl (C=O) groups is 1. The molecular formula is C24H24ClN3O3S. The van der Waals surface area contributed by atoms with Crippen molar-refractivity contribution in [2.24, 2.45) is 0 Å². The zero-order chi connectivity index (χ0) is 22.7. The Hall–Kier alpha value is -2.90. The number of carbonyl (C=O) groups excluding carboxylic acids is 1. The predicted molar refractivity (Wildman–Crippen MR) is 127 cm³/mol. The summed E-state index contributed by atoms with van der Waals surface area (Å²) in [5.41, 5.74) is 2.78. The lowest BCUT2D eigenvalue weighted by molar-refractivity contribution is -0.140. The molecule has 1 aliphatic rings. The van der Waals surface area contributed by atoms with Crippen LogP contribution in [0.3, 0.4) is 0 Å². The van der Waals surface area contributed by atoms with Crippen LogP contribution in [-0.4, -0.2) is 34.6 Å². The molecule has 1 aromatic carbocycles. The number of halogens is 1. The average Bonchev–Trinajstić information content (AvgIpc) is 3.41. The van der Waals surface area contributed by atoms with Gasteiger partial charge in [-0.3, -0.25) is 9.78 Å². The second-order valence-corrected chi connectivity index (χ2v) is 8.41. The van der Waals surface area contributed by atoms with Crippen LogP contribution in [0.4, 0.5) is 0 Å². The third-order valence-corrected chi connectivity index (χ3v) is 6.42. The van der Waals surface area contributed by atoms with Crippen molar-refractivity contribution >= 4 is 34.9 Å². The molecule has 0 bridgehead atoms. The summed E-state index contributed by atoms with van der Waals surface area (Å²) in [6.07, 6.45) is 2.70. The van der Waals surface area contributed by atoms with Crippen LogP contribution in [0.2, 0.25) is 5.02 Å². The van der Waals surface area contributed by atoms with Gasteiger partial charge in [0.25, 0.3) is 0 Å². The zero-order valence-electron chi connectivity index (χ0n) is 17.9. The summed E-state index contributed by atoms with van der Waals surface area (Å²) in [4.78, 5) is 18.2. The Morgan fingerprint density at radius 1 is 1.25 bits per heavy atom. The monoisotopic (exact) mass is 469 g/mol. The molecule has 1 saturated heterocycles. The number of nitrogens with one attached hydrogen (secondary N) is 1. The summed E-state index contributed by atoms with van der Waals surface area (Å²) in [5, 5.41) is 4.69.